The van der Waals surface area contributed by atoms with Gasteiger partial charge in [-0.25, -0.2) is 0 Å². The standard InChI is InChI=1S/C19H25N5O3/c1-21-7-4-13(5-8-21)23-9-6-16-15(12-20-22(16)2)14-10-18(24(25)26)19(27-3)11-17(14)23/h10-13H,4-9H2,1-3H3. The molecule has 1 aromatic carbocycles. The van der Waals surface area contributed by atoms with E-state index in [1.807, 2.05) is 24.0 Å². The van der Waals surface area contributed by atoms with Crippen molar-refractivity contribution in [3.05, 3.63) is 34.1 Å². The molecule has 144 valence electrons. The van der Waals surface area contributed by atoms with Gasteiger partial charge in [0.05, 0.1) is 18.2 Å². The number of ether oxygens (including phenoxy) is 1. The highest BCUT2D eigenvalue weighted by Crippen LogP contribution is 2.44. The van der Waals surface area contributed by atoms with Crippen molar-refractivity contribution in [3.63, 3.8) is 0 Å². The molecule has 1 fully saturated rings. The van der Waals surface area contributed by atoms with E-state index in [2.05, 4.69) is 21.9 Å². The number of nitro groups is 1. The first-order valence-electron chi connectivity index (χ1n) is 9.32. The van der Waals surface area contributed by atoms with Crippen LogP contribution in [-0.2, 0) is 13.5 Å². The predicted molar refractivity (Wildman–Crippen MR) is 103 cm³/mol. The van der Waals surface area contributed by atoms with Gasteiger partial charge in [-0.05, 0) is 33.0 Å². The summed E-state index contributed by atoms with van der Waals surface area (Å²) in [6.45, 7) is 3.00. The summed E-state index contributed by atoms with van der Waals surface area (Å²) >= 11 is 0. The van der Waals surface area contributed by atoms with E-state index in [-0.39, 0.29) is 10.6 Å². The van der Waals surface area contributed by atoms with Gasteiger partial charge in [0.2, 0.25) is 0 Å². The zero-order chi connectivity index (χ0) is 19.1. The van der Waals surface area contributed by atoms with Crippen LogP contribution >= 0.6 is 0 Å². The maximum absolute atomic E-state index is 11.6. The van der Waals surface area contributed by atoms with Crippen LogP contribution in [0.15, 0.2) is 18.3 Å². The number of hydrogen-bond donors (Lipinski definition) is 0. The highest BCUT2D eigenvalue weighted by Gasteiger charge is 2.32. The summed E-state index contributed by atoms with van der Waals surface area (Å²) in [4.78, 5) is 16.0. The summed E-state index contributed by atoms with van der Waals surface area (Å²) < 4.78 is 7.24. The van der Waals surface area contributed by atoms with Crippen LogP contribution in [0.2, 0.25) is 0 Å². The van der Waals surface area contributed by atoms with Gasteiger partial charge in [-0.3, -0.25) is 14.8 Å². The Morgan fingerprint density at radius 3 is 2.59 bits per heavy atom. The number of likely N-dealkylation sites (tertiary alicyclic amines) is 1. The number of anilines is 1. The first kappa shape index (κ1) is 17.8. The van der Waals surface area contributed by atoms with Gasteiger partial charge in [0.15, 0.2) is 5.75 Å². The van der Waals surface area contributed by atoms with Crippen LogP contribution in [0, 0.1) is 10.1 Å². The molecule has 1 aromatic heterocycles. The molecular formula is C19H25N5O3. The summed E-state index contributed by atoms with van der Waals surface area (Å²) in [5.41, 5.74) is 3.98. The number of rotatable bonds is 3. The van der Waals surface area contributed by atoms with E-state index in [1.54, 1.807) is 6.07 Å². The minimum atomic E-state index is -0.375. The molecule has 0 saturated carbocycles. The second-order valence-electron chi connectivity index (χ2n) is 7.40. The van der Waals surface area contributed by atoms with Crippen LogP contribution in [0.1, 0.15) is 18.5 Å². The second kappa shape index (κ2) is 6.84. The number of nitrogens with zero attached hydrogens (tertiary/aromatic N) is 5. The van der Waals surface area contributed by atoms with Gasteiger partial charge in [-0.1, -0.05) is 0 Å². The van der Waals surface area contributed by atoms with Crippen molar-refractivity contribution in [2.75, 3.05) is 38.7 Å². The van der Waals surface area contributed by atoms with Gasteiger partial charge in [0, 0.05) is 60.7 Å². The molecule has 27 heavy (non-hydrogen) atoms. The van der Waals surface area contributed by atoms with Crippen molar-refractivity contribution in [3.8, 4) is 16.9 Å². The van der Waals surface area contributed by atoms with Gasteiger partial charge >= 0.3 is 5.69 Å². The summed E-state index contributed by atoms with van der Waals surface area (Å²) in [6, 6.07) is 3.92. The molecule has 0 atom stereocenters. The van der Waals surface area contributed by atoms with Crippen molar-refractivity contribution < 1.29 is 9.66 Å². The van der Waals surface area contributed by atoms with Crippen molar-refractivity contribution >= 4 is 11.4 Å². The Hall–Kier alpha value is -2.61. The minimum Gasteiger partial charge on any atom is -0.490 e. The lowest BCUT2D eigenvalue weighted by Crippen LogP contribution is -2.44. The zero-order valence-electron chi connectivity index (χ0n) is 16.0. The molecule has 0 unspecified atom stereocenters. The Labute approximate surface area is 158 Å². The quantitative estimate of drug-likeness (QED) is 0.609. The highest BCUT2D eigenvalue weighted by molar-refractivity contribution is 5.85. The highest BCUT2D eigenvalue weighted by atomic mass is 16.6. The predicted octanol–water partition coefficient (Wildman–Crippen LogP) is 2.46. The van der Waals surface area contributed by atoms with Crippen LogP contribution in [0.3, 0.4) is 0 Å². The molecule has 0 radical (unpaired) electrons. The molecule has 2 aliphatic heterocycles. The van der Waals surface area contributed by atoms with Crippen molar-refractivity contribution in [2.24, 2.45) is 7.05 Å². The van der Waals surface area contributed by atoms with Gasteiger partial charge in [0.25, 0.3) is 0 Å². The largest absolute Gasteiger partial charge is 0.490 e. The third kappa shape index (κ3) is 3.03. The maximum atomic E-state index is 11.6. The van der Waals surface area contributed by atoms with E-state index in [4.69, 9.17) is 4.74 Å². The molecule has 0 N–H and O–H groups in total. The summed E-state index contributed by atoms with van der Waals surface area (Å²) in [7, 11) is 5.57. The average molecular weight is 371 g/mol. The molecule has 0 aliphatic carbocycles. The smallest absolute Gasteiger partial charge is 0.311 e. The van der Waals surface area contributed by atoms with Crippen LogP contribution in [0.5, 0.6) is 5.75 Å². The molecule has 0 spiro atoms. The van der Waals surface area contributed by atoms with E-state index in [1.165, 1.54) is 7.11 Å². The molecule has 8 heteroatoms. The number of nitro benzene ring substituents is 1. The Balaban J connectivity index is 1.86. The number of fused-ring (bicyclic) bond motifs is 3. The Bertz CT molecular complexity index is 870. The monoisotopic (exact) mass is 371 g/mol. The van der Waals surface area contributed by atoms with Gasteiger partial charge in [-0.15, -0.1) is 0 Å². The van der Waals surface area contributed by atoms with Crippen molar-refractivity contribution in [1.29, 1.82) is 0 Å². The number of hydrogen-bond acceptors (Lipinski definition) is 6. The number of aromatic nitrogens is 2. The molecule has 0 bridgehead atoms. The molecule has 2 aromatic rings. The SMILES string of the molecule is COc1cc2c(cc1[N+](=O)[O-])-c1cnn(C)c1CCN2C1CCN(C)CC1. The molecular weight excluding hydrogens is 346 g/mol. The van der Waals surface area contributed by atoms with Crippen LogP contribution < -0.4 is 9.64 Å². The maximum Gasteiger partial charge on any atom is 0.311 e. The number of aryl methyl sites for hydroxylation is 1. The second-order valence-corrected chi connectivity index (χ2v) is 7.40. The summed E-state index contributed by atoms with van der Waals surface area (Å²) in [6.07, 6.45) is 4.86. The van der Waals surface area contributed by atoms with Gasteiger partial charge in [0.1, 0.15) is 0 Å². The van der Waals surface area contributed by atoms with Crippen LogP contribution in [0.25, 0.3) is 11.1 Å². The van der Waals surface area contributed by atoms with E-state index in [0.29, 0.717) is 11.8 Å². The third-order valence-corrected chi connectivity index (χ3v) is 5.87. The Morgan fingerprint density at radius 1 is 1.19 bits per heavy atom. The van der Waals surface area contributed by atoms with Gasteiger partial charge in [-0.2, -0.15) is 5.10 Å². The van der Waals surface area contributed by atoms with Crippen LogP contribution in [-0.4, -0.2) is 59.4 Å². The molecule has 3 heterocycles. The molecule has 1 saturated heterocycles. The van der Waals surface area contributed by atoms with E-state index < -0.39 is 0 Å². The minimum absolute atomic E-state index is 0.00344. The third-order valence-electron chi connectivity index (χ3n) is 5.87. The van der Waals surface area contributed by atoms with Crippen LogP contribution in [0.4, 0.5) is 11.4 Å². The Morgan fingerprint density at radius 2 is 1.93 bits per heavy atom. The summed E-state index contributed by atoms with van der Waals surface area (Å²) in [5.74, 6) is 0.309. The number of piperidine rings is 1. The normalized spacial score (nSPS) is 18.0. The van der Waals surface area contributed by atoms with E-state index >= 15 is 0 Å². The molecule has 0 amide bonds. The average Bonchev–Trinajstić information content (AvgIpc) is 2.94. The van der Waals surface area contributed by atoms with E-state index in [0.717, 1.165) is 61.4 Å². The van der Waals surface area contributed by atoms with Crippen molar-refractivity contribution in [2.45, 2.75) is 25.3 Å². The number of methoxy groups -OCH3 is 1. The first-order chi connectivity index (χ1) is 13.0. The zero-order valence-corrected chi connectivity index (χ0v) is 16.0. The first-order valence-corrected chi connectivity index (χ1v) is 9.32. The molecule has 2 aliphatic rings. The van der Waals surface area contributed by atoms with Crippen molar-refractivity contribution in [1.82, 2.24) is 14.7 Å². The fraction of sp³-hybridized carbons (Fsp3) is 0.526. The lowest BCUT2D eigenvalue weighted by molar-refractivity contribution is -0.385. The summed E-state index contributed by atoms with van der Waals surface area (Å²) in [5, 5.41) is 16.0. The Kier molecular flexibility index (Phi) is 4.51. The lowest BCUT2D eigenvalue weighted by Gasteiger charge is -2.39. The fourth-order valence-corrected chi connectivity index (χ4v) is 4.33. The van der Waals surface area contributed by atoms with E-state index in [9.17, 15) is 10.1 Å². The topological polar surface area (TPSA) is 76.7 Å². The fourth-order valence-electron chi connectivity index (χ4n) is 4.33. The molecule has 8 nitrogen and oxygen atoms in total. The van der Waals surface area contributed by atoms with Gasteiger partial charge < -0.3 is 14.5 Å². The lowest BCUT2D eigenvalue weighted by atomic mass is 9.99. The molecule has 4 rings (SSSR count). The number of benzene rings is 1.